The van der Waals surface area contributed by atoms with E-state index in [1.807, 2.05) is 20.8 Å². The Hall–Kier alpha value is -1.36. The van der Waals surface area contributed by atoms with E-state index in [9.17, 15) is 9.90 Å². The second kappa shape index (κ2) is 5.31. The second-order valence-electron chi connectivity index (χ2n) is 4.41. The molecule has 0 radical (unpaired) electrons. The molecule has 1 amide bonds. The molecule has 5 heteroatoms. The lowest BCUT2D eigenvalue weighted by atomic mass is 9.93. The third-order valence-corrected chi connectivity index (χ3v) is 3.39. The third kappa shape index (κ3) is 2.66. The van der Waals surface area contributed by atoms with E-state index in [2.05, 4.69) is 15.5 Å². The molecule has 0 saturated carbocycles. The minimum absolute atomic E-state index is 0.0539. The SMILES string of the molecule is CCC(CC)(CO)NC(=O)c1c(C)n[nH]c1C. The van der Waals surface area contributed by atoms with Crippen LogP contribution in [-0.2, 0) is 0 Å². The maximum absolute atomic E-state index is 12.2. The van der Waals surface area contributed by atoms with Crippen LogP contribution in [0.25, 0.3) is 0 Å². The third-order valence-electron chi connectivity index (χ3n) is 3.39. The maximum atomic E-state index is 12.2. The number of amides is 1. The standard InChI is InChI=1S/C12H21N3O2/c1-5-12(6-2,7-16)13-11(17)10-8(3)14-15-9(10)4/h16H,5-7H2,1-4H3,(H,13,17)(H,14,15). The predicted octanol–water partition coefficient (Wildman–Crippen LogP) is 1.31. The van der Waals surface area contributed by atoms with Gasteiger partial charge in [-0.05, 0) is 26.7 Å². The van der Waals surface area contributed by atoms with Crippen molar-refractivity contribution in [1.29, 1.82) is 0 Å². The van der Waals surface area contributed by atoms with E-state index < -0.39 is 5.54 Å². The number of nitrogens with one attached hydrogen (secondary N) is 2. The largest absolute Gasteiger partial charge is 0.394 e. The van der Waals surface area contributed by atoms with Crippen LogP contribution in [0.5, 0.6) is 0 Å². The van der Waals surface area contributed by atoms with Gasteiger partial charge in [0.1, 0.15) is 0 Å². The number of hydrogen-bond donors (Lipinski definition) is 3. The number of rotatable bonds is 5. The van der Waals surface area contributed by atoms with E-state index >= 15 is 0 Å². The van der Waals surface area contributed by atoms with Crippen molar-refractivity contribution in [2.75, 3.05) is 6.61 Å². The number of aromatic nitrogens is 2. The van der Waals surface area contributed by atoms with Crippen molar-refractivity contribution >= 4 is 5.91 Å². The van der Waals surface area contributed by atoms with Crippen LogP contribution < -0.4 is 5.32 Å². The summed E-state index contributed by atoms with van der Waals surface area (Å²) in [7, 11) is 0. The molecule has 0 aromatic carbocycles. The molecule has 0 unspecified atom stereocenters. The summed E-state index contributed by atoms with van der Waals surface area (Å²) in [6.45, 7) is 7.45. The zero-order chi connectivity index (χ0) is 13.1. The Labute approximate surface area is 102 Å². The van der Waals surface area contributed by atoms with Gasteiger partial charge in [-0.25, -0.2) is 0 Å². The molecule has 0 spiro atoms. The van der Waals surface area contributed by atoms with Crippen molar-refractivity contribution in [3.05, 3.63) is 17.0 Å². The number of hydrogen-bond acceptors (Lipinski definition) is 3. The van der Waals surface area contributed by atoms with Gasteiger partial charge in [0.05, 0.1) is 23.4 Å². The molecule has 96 valence electrons. The number of aliphatic hydroxyl groups is 1. The normalized spacial score (nSPS) is 11.6. The fraction of sp³-hybridized carbons (Fsp3) is 0.667. The van der Waals surface area contributed by atoms with Crippen molar-refractivity contribution in [3.63, 3.8) is 0 Å². The van der Waals surface area contributed by atoms with Gasteiger partial charge in [-0.1, -0.05) is 13.8 Å². The van der Waals surface area contributed by atoms with Crippen molar-refractivity contribution < 1.29 is 9.90 Å². The molecule has 1 aromatic heterocycles. The van der Waals surface area contributed by atoms with E-state index in [0.29, 0.717) is 24.1 Å². The number of aliphatic hydroxyl groups excluding tert-OH is 1. The molecular formula is C12H21N3O2. The fourth-order valence-corrected chi connectivity index (χ4v) is 1.88. The van der Waals surface area contributed by atoms with Gasteiger partial charge in [-0.2, -0.15) is 5.10 Å². The molecule has 0 aliphatic heterocycles. The number of H-pyrrole nitrogens is 1. The molecule has 1 aromatic rings. The molecule has 0 saturated heterocycles. The Morgan fingerprint density at radius 1 is 1.41 bits per heavy atom. The molecular weight excluding hydrogens is 218 g/mol. The van der Waals surface area contributed by atoms with Crippen LogP contribution in [0.4, 0.5) is 0 Å². The Morgan fingerprint density at radius 3 is 2.35 bits per heavy atom. The predicted molar refractivity (Wildman–Crippen MR) is 65.9 cm³/mol. The Balaban J connectivity index is 2.92. The van der Waals surface area contributed by atoms with Gasteiger partial charge in [0, 0.05) is 5.69 Å². The summed E-state index contributed by atoms with van der Waals surface area (Å²) in [5.41, 5.74) is 1.47. The average Bonchev–Trinajstić information content (AvgIpc) is 2.66. The minimum atomic E-state index is -0.534. The molecule has 3 N–H and O–H groups in total. The maximum Gasteiger partial charge on any atom is 0.255 e. The lowest BCUT2D eigenvalue weighted by Crippen LogP contribution is -2.50. The first kappa shape index (κ1) is 13.7. The first-order valence-electron chi connectivity index (χ1n) is 5.94. The van der Waals surface area contributed by atoms with Crippen LogP contribution in [0.1, 0.15) is 48.4 Å². The number of aromatic amines is 1. The van der Waals surface area contributed by atoms with Crippen LogP contribution in [0.2, 0.25) is 0 Å². The van der Waals surface area contributed by atoms with Crippen LogP contribution in [-0.4, -0.2) is 33.4 Å². The summed E-state index contributed by atoms with van der Waals surface area (Å²) < 4.78 is 0. The molecule has 0 aliphatic rings. The van der Waals surface area contributed by atoms with Crippen LogP contribution in [0, 0.1) is 13.8 Å². The van der Waals surface area contributed by atoms with Crippen LogP contribution in [0.15, 0.2) is 0 Å². The molecule has 0 fully saturated rings. The van der Waals surface area contributed by atoms with Crippen molar-refractivity contribution in [2.45, 2.75) is 46.1 Å². The highest BCUT2D eigenvalue weighted by molar-refractivity contribution is 5.96. The molecule has 1 heterocycles. The zero-order valence-electron chi connectivity index (χ0n) is 10.9. The number of nitrogens with zero attached hydrogens (tertiary/aromatic N) is 1. The summed E-state index contributed by atoms with van der Waals surface area (Å²) in [5.74, 6) is -0.175. The van der Waals surface area contributed by atoms with Crippen LogP contribution in [0.3, 0.4) is 0 Å². The highest BCUT2D eigenvalue weighted by atomic mass is 16.3. The molecule has 0 bridgehead atoms. The first-order chi connectivity index (χ1) is 7.99. The first-order valence-corrected chi connectivity index (χ1v) is 5.94. The summed E-state index contributed by atoms with van der Waals surface area (Å²) in [6.07, 6.45) is 1.39. The van der Waals surface area contributed by atoms with Gasteiger partial charge in [-0.3, -0.25) is 9.89 Å². The quantitative estimate of drug-likeness (QED) is 0.725. The Morgan fingerprint density at radius 2 is 2.00 bits per heavy atom. The topological polar surface area (TPSA) is 78.0 Å². The van der Waals surface area contributed by atoms with E-state index in [4.69, 9.17) is 0 Å². The molecule has 1 rings (SSSR count). The second-order valence-corrected chi connectivity index (χ2v) is 4.41. The van der Waals surface area contributed by atoms with E-state index in [1.165, 1.54) is 0 Å². The monoisotopic (exact) mass is 239 g/mol. The number of aryl methyl sites for hydroxylation is 2. The van der Waals surface area contributed by atoms with E-state index in [1.54, 1.807) is 6.92 Å². The Kier molecular flexibility index (Phi) is 4.28. The number of carbonyl (C=O) groups is 1. The van der Waals surface area contributed by atoms with Gasteiger partial charge in [0.2, 0.25) is 0 Å². The fourth-order valence-electron chi connectivity index (χ4n) is 1.88. The lowest BCUT2D eigenvalue weighted by molar-refractivity contribution is 0.0816. The van der Waals surface area contributed by atoms with Gasteiger partial charge < -0.3 is 10.4 Å². The molecule has 5 nitrogen and oxygen atoms in total. The molecule has 0 aliphatic carbocycles. The molecule has 17 heavy (non-hydrogen) atoms. The van der Waals surface area contributed by atoms with Gasteiger partial charge in [-0.15, -0.1) is 0 Å². The average molecular weight is 239 g/mol. The van der Waals surface area contributed by atoms with Gasteiger partial charge >= 0.3 is 0 Å². The van der Waals surface area contributed by atoms with Crippen molar-refractivity contribution in [3.8, 4) is 0 Å². The highest BCUT2D eigenvalue weighted by Crippen LogP contribution is 2.17. The van der Waals surface area contributed by atoms with Crippen LogP contribution >= 0.6 is 0 Å². The summed E-state index contributed by atoms with van der Waals surface area (Å²) in [6, 6.07) is 0. The van der Waals surface area contributed by atoms with Crippen molar-refractivity contribution in [2.24, 2.45) is 0 Å². The smallest absolute Gasteiger partial charge is 0.255 e. The van der Waals surface area contributed by atoms with E-state index in [-0.39, 0.29) is 12.5 Å². The molecule has 0 atom stereocenters. The Bertz CT molecular complexity index is 367. The summed E-state index contributed by atoms with van der Waals surface area (Å²) >= 11 is 0. The lowest BCUT2D eigenvalue weighted by Gasteiger charge is -2.30. The summed E-state index contributed by atoms with van der Waals surface area (Å²) in [5, 5.41) is 19.1. The highest BCUT2D eigenvalue weighted by Gasteiger charge is 2.29. The van der Waals surface area contributed by atoms with E-state index in [0.717, 1.165) is 5.69 Å². The number of carbonyl (C=O) groups excluding carboxylic acids is 1. The summed E-state index contributed by atoms with van der Waals surface area (Å²) in [4.78, 5) is 12.2. The zero-order valence-corrected chi connectivity index (χ0v) is 10.9. The van der Waals surface area contributed by atoms with Gasteiger partial charge in [0.15, 0.2) is 0 Å². The van der Waals surface area contributed by atoms with Gasteiger partial charge in [0.25, 0.3) is 5.91 Å². The van der Waals surface area contributed by atoms with Crippen molar-refractivity contribution in [1.82, 2.24) is 15.5 Å². The minimum Gasteiger partial charge on any atom is -0.394 e.